The van der Waals surface area contributed by atoms with E-state index in [0.717, 1.165) is 56.1 Å². The second kappa shape index (κ2) is 10.5. The van der Waals surface area contributed by atoms with Crippen LogP contribution in [0.2, 0.25) is 0 Å². The molecule has 5 rings (SSSR count). The van der Waals surface area contributed by atoms with Crippen LogP contribution in [0.25, 0.3) is 0 Å². The van der Waals surface area contributed by atoms with Gasteiger partial charge in [0.2, 0.25) is 11.9 Å². The zero-order chi connectivity index (χ0) is 24.2. The van der Waals surface area contributed by atoms with Gasteiger partial charge < -0.3 is 26.3 Å². The minimum Gasteiger partial charge on any atom is -0.400 e. The van der Waals surface area contributed by atoms with E-state index in [1.807, 2.05) is 17.3 Å². The molecule has 0 unspecified atom stereocenters. The van der Waals surface area contributed by atoms with Gasteiger partial charge in [0, 0.05) is 57.9 Å². The number of nitrogens with two attached hydrogens (primary N) is 1. The van der Waals surface area contributed by atoms with Gasteiger partial charge in [-0.15, -0.1) is 0 Å². The molecule has 0 atom stereocenters. The molecule has 3 heterocycles. The summed E-state index contributed by atoms with van der Waals surface area (Å²) in [5, 5.41) is 3.48. The van der Waals surface area contributed by atoms with Crippen molar-refractivity contribution in [3.05, 3.63) is 59.2 Å². The average molecular weight is 478 g/mol. The summed E-state index contributed by atoms with van der Waals surface area (Å²) >= 11 is 0. The third-order valence-corrected chi connectivity index (χ3v) is 7.13. The van der Waals surface area contributed by atoms with E-state index in [1.54, 1.807) is 7.05 Å². The van der Waals surface area contributed by atoms with Crippen LogP contribution in [-0.4, -0.2) is 84.6 Å². The molecular weight excluding hydrogens is 442 g/mol. The molecule has 3 aliphatic rings. The first-order valence-corrected chi connectivity index (χ1v) is 12.4. The van der Waals surface area contributed by atoms with Crippen LogP contribution in [0.4, 0.5) is 11.6 Å². The number of nitrogens with one attached hydrogen (secondary N) is 3. The number of hydrazine groups is 1. The number of benzene rings is 1. The molecule has 10 nitrogen and oxygen atoms in total. The lowest BCUT2D eigenvalue weighted by Gasteiger charge is -2.37. The number of carbonyl (C=O) groups is 1. The van der Waals surface area contributed by atoms with E-state index in [4.69, 9.17) is 5.73 Å². The molecule has 1 aliphatic carbocycles. The van der Waals surface area contributed by atoms with Gasteiger partial charge in [0.15, 0.2) is 0 Å². The Balaban J connectivity index is 1.08. The zero-order valence-electron chi connectivity index (χ0n) is 20.3. The Morgan fingerprint density at radius 1 is 1.06 bits per heavy atom. The summed E-state index contributed by atoms with van der Waals surface area (Å²) in [5.41, 5.74) is 17.5. The van der Waals surface area contributed by atoms with Crippen LogP contribution < -0.4 is 26.8 Å². The van der Waals surface area contributed by atoms with Gasteiger partial charge in [0.25, 0.3) is 0 Å². The van der Waals surface area contributed by atoms with Crippen LogP contribution in [0.15, 0.2) is 48.1 Å². The smallest absolute Gasteiger partial charge is 0.237 e. The van der Waals surface area contributed by atoms with Crippen molar-refractivity contribution in [2.45, 2.75) is 25.3 Å². The molecule has 1 fully saturated rings. The van der Waals surface area contributed by atoms with E-state index in [2.05, 4.69) is 60.2 Å². The first kappa shape index (κ1) is 23.4. The Bertz CT molecular complexity index is 1040. The van der Waals surface area contributed by atoms with E-state index in [0.29, 0.717) is 38.0 Å². The molecule has 35 heavy (non-hydrogen) atoms. The monoisotopic (exact) mass is 477 g/mol. The molecule has 186 valence electrons. The summed E-state index contributed by atoms with van der Waals surface area (Å²) in [4.78, 5) is 28.4. The second-order valence-corrected chi connectivity index (χ2v) is 9.49. The normalized spacial score (nSPS) is 19.1. The Hall–Kier alpha value is -3.37. The topological polar surface area (TPSA) is 115 Å². The van der Waals surface area contributed by atoms with E-state index >= 15 is 0 Å². The third kappa shape index (κ3) is 5.49. The molecule has 10 heteroatoms. The minimum atomic E-state index is 0.147. The van der Waals surface area contributed by atoms with E-state index in [9.17, 15) is 4.79 Å². The van der Waals surface area contributed by atoms with Crippen LogP contribution in [0.5, 0.6) is 0 Å². The highest BCUT2D eigenvalue weighted by atomic mass is 16.2. The maximum absolute atomic E-state index is 12.9. The molecule has 2 aliphatic heterocycles. The van der Waals surface area contributed by atoms with Crippen LogP contribution in [0.3, 0.4) is 0 Å². The van der Waals surface area contributed by atoms with Crippen molar-refractivity contribution in [3.63, 3.8) is 0 Å². The number of hydrogen-bond donors (Lipinski definition) is 4. The zero-order valence-corrected chi connectivity index (χ0v) is 20.3. The van der Waals surface area contributed by atoms with Crippen molar-refractivity contribution in [2.24, 2.45) is 5.73 Å². The fraction of sp³-hybridized carbons (Fsp3) is 0.480. The molecule has 1 amide bonds. The highest BCUT2D eigenvalue weighted by Gasteiger charge is 2.26. The predicted molar refractivity (Wildman–Crippen MR) is 137 cm³/mol. The summed E-state index contributed by atoms with van der Waals surface area (Å²) in [6, 6.07) is 8.94. The molecule has 1 aromatic heterocycles. The summed E-state index contributed by atoms with van der Waals surface area (Å²) in [6.07, 6.45) is 6.52. The number of piperazine rings is 1. The van der Waals surface area contributed by atoms with Crippen LogP contribution >= 0.6 is 0 Å². The molecule has 1 saturated heterocycles. The molecule has 0 saturated carbocycles. The van der Waals surface area contributed by atoms with Gasteiger partial charge in [0.05, 0.1) is 36.9 Å². The Morgan fingerprint density at radius 2 is 1.74 bits per heavy atom. The van der Waals surface area contributed by atoms with Gasteiger partial charge in [-0.05, 0) is 24.0 Å². The first-order valence-electron chi connectivity index (χ1n) is 12.4. The van der Waals surface area contributed by atoms with E-state index in [-0.39, 0.29) is 5.91 Å². The Morgan fingerprint density at radius 3 is 2.40 bits per heavy atom. The summed E-state index contributed by atoms with van der Waals surface area (Å²) in [6.45, 7) is 4.99. The number of amides is 1. The average Bonchev–Trinajstić information content (AvgIpc) is 3.29. The molecule has 1 aromatic carbocycles. The van der Waals surface area contributed by atoms with Crippen molar-refractivity contribution >= 4 is 17.5 Å². The lowest BCUT2D eigenvalue weighted by atomic mass is 10.1. The van der Waals surface area contributed by atoms with Crippen LogP contribution in [-0.2, 0) is 17.6 Å². The number of fused-ring (bicyclic) bond motifs is 1. The fourth-order valence-electron chi connectivity index (χ4n) is 5.12. The van der Waals surface area contributed by atoms with Gasteiger partial charge in [-0.3, -0.25) is 9.69 Å². The van der Waals surface area contributed by atoms with Gasteiger partial charge in [-0.25, -0.2) is 15.4 Å². The number of aromatic nitrogens is 2. The summed E-state index contributed by atoms with van der Waals surface area (Å²) < 4.78 is 0. The lowest BCUT2D eigenvalue weighted by molar-refractivity contribution is -0.132. The SMILES string of the molecule is CNNC1=C(N)CCN(C(=O)CN2CCN(c3cnc(NC4Cc5ccccc5C4)nc3)CC2)C1. The maximum atomic E-state index is 12.9. The molecule has 2 aromatic rings. The molecule has 0 bridgehead atoms. The summed E-state index contributed by atoms with van der Waals surface area (Å²) in [7, 11) is 1.80. The summed E-state index contributed by atoms with van der Waals surface area (Å²) in [5.74, 6) is 0.827. The van der Waals surface area contributed by atoms with Gasteiger partial charge in [-0.2, -0.15) is 0 Å². The Kier molecular flexibility index (Phi) is 7.01. The molecule has 0 radical (unpaired) electrons. The minimum absolute atomic E-state index is 0.147. The number of hydrogen-bond acceptors (Lipinski definition) is 9. The lowest BCUT2D eigenvalue weighted by Crippen LogP contribution is -2.52. The van der Waals surface area contributed by atoms with Crippen molar-refractivity contribution in [3.8, 4) is 0 Å². The van der Waals surface area contributed by atoms with Crippen molar-refractivity contribution in [2.75, 3.05) is 63.1 Å². The highest BCUT2D eigenvalue weighted by molar-refractivity contribution is 5.78. The van der Waals surface area contributed by atoms with Gasteiger partial charge >= 0.3 is 0 Å². The predicted octanol–water partition coefficient (Wildman–Crippen LogP) is 0.305. The van der Waals surface area contributed by atoms with Crippen LogP contribution in [0, 0.1) is 0 Å². The Labute approximate surface area is 206 Å². The standard InChI is InChI=1S/C25H35N9O/c1-27-31-23-16-34(7-6-22(23)26)24(35)17-32-8-10-33(11-9-32)21-14-28-25(29-15-21)30-20-12-18-4-2-3-5-19(18)13-20/h2-5,14-15,20,27,31H,6-13,16-17,26H2,1H3,(H,28,29,30). The third-order valence-electron chi connectivity index (χ3n) is 7.13. The number of anilines is 2. The number of nitrogens with zero attached hydrogens (tertiary/aromatic N) is 5. The fourth-order valence-corrected chi connectivity index (χ4v) is 5.12. The number of carbonyl (C=O) groups excluding carboxylic acids is 1. The largest absolute Gasteiger partial charge is 0.400 e. The maximum Gasteiger partial charge on any atom is 0.237 e. The van der Waals surface area contributed by atoms with Gasteiger partial charge in [-0.1, -0.05) is 24.3 Å². The second-order valence-electron chi connectivity index (χ2n) is 9.49. The number of rotatable bonds is 7. The van der Waals surface area contributed by atoms with Crippen molar-refractivity contribution in [1.29, 1.82) is 0 Å². The van der Waals surface area contributed by atoms with E-state index in [1.165, 1.54) is 11.1 Å². The van der Waals surface area contributed by atoms with E-state index < -0.39 is 0 Å². The molecule has 5 N–H and O–H groups in total. The van der Waals surface area contributed by atoms with Gasteiger partial charge in [0.1, 0.15) is 0 Å². The first-order chi connectivity index (χ1) is 17.1. The molecular formula is C25H35N9O. The quantitative estimate of drug-likeness (QED) is 0.418. The van der Waals surface area contributed by atoms with Crippen molar-refractivity contribution < 1.29 is 4.79 Å². The van der Waals surface area contributed by atoms with Crippen molar-refractivity contribution in [1.82, 2.24) is 30.6 Å². The van der Waals surface area contributed by atoms with Crippen LogP contribution in [0.1, 0.15) is 17.5 Å². The highest BCUT2D eigenvalue weighted by Crippen LogP contribution is 2.24. The molecule has 0 spiro atoms.